The minimum atomic E-state index is -0.603. The van der Waals surface area contributed by atoms with E-state index in [0.29, 0.717) is 27.7 Å². The average Bonchev–Trinajstić information content (AvgIpc) is 2.66. The number of ether oxygens (including phenoxy) is 4. The quantitative estimate of drug-likeness (QED) is 0.465. The van der Waals surface area contributed by atoms with Gasteiger partial charge in [0.2, 0.25) is 0 Å². The maximum Gasteiger partial charge on any atom is 0.344 e. The van der Waals surface area contributed by atoms with Crippen molar-refractivity contribution >= 4 is 40.9 Å². The molecule has 0 spiro atoms. The zero-order valence-electron chi connectivity index (χ0n) is 16.6. The second kappa shape index (κ2) is 10.3. The van der Waals surface area contributed by atoms with E-state index >= 15 is 0 Å². The van der Waals surface area contributed by atoms with Crippen molar-refractivity contribution in [1.29, 1.82) is 0 Å². The van der Waals surface area contributed by atoms with Gasteiger partial charge in [-0.1, -0.05) is 11.6 Å². The molecule has 0 aromatic heterocycles. The van der Waals surface area contributed by atoms with Crippen LogP contribution in [0.3, 0.4) is 0 Å². The Morgan fingerprint density at radius 1 is 1.21 bits per heavy atom. The van der Waals surface area contributed by atoms with Gasteiger partial charge in [0.15, 0.2) is 23.2 Å². The van der Waals surface area contributed by atoms with Crippen LogP contribution in [0, 0.1) is 0 Å². The molecule has 1 heterocycles. The highest BCUT2D eigenvalue weighted by Crippen LogP contribution is 2.40. The zero-order valence-corrected chi connectivity index (χ0v) is 18.2. The molecule has 1 aromatic carbocycles. The second-order valence-electron chi connectivity index (χ2n) is 5.92. The first-order chi connectivity index (χ1) is 13.8. The van der Waals surface area contributed by atoms with Crippen molar-refractivity contribution in [3.63, 3.8) is 0 Å². The van der Waals surface area contributed by atoms with Crippen LogP contribution in [0.1, 0.15) is 32.4 Å². The monoisotopic (exact) mass is 442 g/mol. The lowest BCUT2D eigenvalue weighted by molar-refractivity contribution is -0.145. The van der Waals surface area contributed by atoms with E-state index in [1.807, 2.05) is 0 Å². The van der Waals surface area contributed by atoms with Crippen molar-refractivity contribution in [1.82, 2.24) is 10.6 Å². The lowest BCUT2D eigenvalue weighted by Crippen LogP contribution is -2.45. The van der Waals surface area contributed by atoms with Gasteiger partial charge < -0.3 is 29.6 Å². The first-order valence-corrected chi connectivity index (χ1v) is 9.72. The summed E-state index contributed by atoms with van der Waals surface area (Å²) in [6.45, 7) is 5.33. The van der Waals surface area contributed by atoms with Crippen LogP contribution >= 0.6 is 23.8 Å². The van der Waals surface area contributed by atoms with Gasteiger partial charge in [-0.25, -0.2) is 9.59 Å². The summed E-state index contributed by atoms with van der Waals surface area (Å²) in [6.07, 6.45) is 0. The fourth-order valence-corrected chi connectivity index (χ4v) is 3.35. The summed E-state index contributed by atoms with van der Waals surface area (Å²) in [7, 11) is 1.44. The third-order valence-electron chi connectivity index (χ3n) is 3.99. The SMILES string of the molecule is CCOC(=O)COc1c(Cl)cc(C2NC(=S)NC(C)=C2C(=O)OCC)cc1OC. The normalized spacial score (nSPS) is 15.9. The van der Waals surface area contributed by atoms with E-state index in [1.165, 1.54) is 7.11 Å². The number of benzene rings is 1. The summed E-state index contributed by atoms with van der Waals surface area (Å²) in [4.78, 5) is 24.1. The third kappa shape index (κ3) is 5.51. The van der Waals surface area contributed by atoms with Crippen LogP contribution in [0.5, 0.6) is 11.5 Å². The van der Waals surface area contributed by atoms with E-state index in [4.69, 9.17) is 42.8 Å². The highest BCUT2D eigenvalue weighted by molar-refractivity contribution is 7.80. The molecule has 158 valence electrons. The lowest BCUT2D eigenvalue weighted by Gasteiger charge is -2.30. The molecular formula is C19H23ClN2O6S. The summed E-state index contributed by atoms with van der Waals surface area (Å²) in [5.74, 6) is -0.511. The first-order valence-electron chi connectivity index (χ1n) is 8.93. The standard InChI is InChI=1S/C19H23ClN2O6S/c1-5-26-14(23)9-28-17-12(20)7-11(8-13(17)25-4)16-15(18(24)27-6-2)10(3)21-19(29)22-16/h7-8,16H,5-6,9H2,1-4H3,(H2,21,22,29). The summed E-state index contributed by atoms with van der Waals surface area (Å²) < 4.78 is 20.9. The Hall–Kier alpha value is -2.52. The maximum absolute atomic E-state index is 12.5. The molecule has 0 saturated heterocycles. The molecule has 0 bridgehead atoms. The van der Waals surface area contributed by atoms with Gasteiger partial charge in [-0.2, -0.15) is 0 Å². The maximum atomic E-state index is 12.5. The molecular weight excluding hydrogens is 420 g/mol. The predicted octanol–water partition coefficient (Wildman–Crippen LogP) is 2.65. The van der Waals surface area contributed by atoms with Crippen LogP contribution in [-0.4, -0.2) is 44.0 Å². The van der Waals surface area contributed by atoms with Gasteiger partial charge in [-0.15, -0.1) is 0 Å². The fourth-order valence-electron chi connectivity index (χ4n) is 2.80. The Kier molecular flexibility index (Phi) is 8.10. The van der Waals surface area contributed by atoms with E-state index in [9.17, 15) is 9.59 Å². The van der Waals surface area contributed by atoms with Crippen LogP contribution in [0.4, 0.5) is 0 Å². The first kappa shape index (κ1) is 22.8. The summed E-state index contributed by atoms with van der Waals surface area (Å²) >= 11 is 11.6. The van der Waals surface area contributed by atoms with E-state index in [0.717, 1.165) is 0 Å². The Bertz CT molecular complexity index is 842. The highest BCUT2D eigenvalue weighted by Gasteiger charge is 2.32. The van der Waals surface area contributed by atoms with Gasteiger partial charge in [0.1, 0.15) is 0 Å². The molecule has 0 amide bonds. The number of halogens is 1. The van der Waals surface area contributed by atoms with Gasteiger partial charge in [0.25, 0.3) is 0 Å². The van der Waals surface area contributed by atoms with E-state index in [-0.39, 0.29) is 30.6 Å². The average molecular weight is 443 g/mol. The second-order valence-corrected chi connectivity index (χ2v) is 6.73. The van der Waals surface area contributed by atoms with Crippen LogP contribution in [0.2, 0.25) is 5.02 Å². The molecule has 1 aliphatic heterocycles. The van der Waals surface area contributed by atoms with Crippen molar-refractivity contribution < 1.29 is 28.5 Å². The van der Waals surface area contributed by atoms with Crippen LogP contribution in [0.25, 0.3) is 0 Å². The van der Waals surface area contributed by atoms with E-state index in [2.05, 4.69) is 10.6 Å². The summed E-state index contributed by atoms with van der Waals surface area (Å²) in [6, 6.07) is 2.67. The minimum absolute atomic E-state index is 0.195. The number of hydrogen-bond acceptors (Lipinski definition) is 7. The third-order valence-corrected chi connectivity index (χ3v) is 4.49. The molecule has 1 aliphatic rings. The zero-order chi connectivity index (χ0) is 21.6. The van der Waals surface area contributed by atoms with Gasteiger partial charge >= 0.3 is 11.9 Å². The summed E-state index contributed by atoms with van der Waals surface area (Å²) in [5.41, 5.74) is 1.57. The molecule has 0 saturated carbocycles. The summed E-state index contributed by atoms with van der Waals surface area (Å²) in [5, 5.41) is 6.54. The number of esters is 2. The largest absolute Gasteiger partial charge is 0.493 e. The molecule has 0 radical (unpaired) electrons. The molecule has 8 nitrogen and oxygen atoms in total. The number of allylic oxidation sites excluding steroid dienone is 1. The van der Waals surface area contributed by atoms with Gasteiger partial charge in [-0.05, 0) is 50.7 Å². The van der Waals surface area contributed by atoms with Gasteiger partial charge in [-0.3, -0.25) is 0 Å². The van der Waals surface area contributed by atoms with Crippen LogP contribution < -0.4 is 20.1 Å². The number of rotatable bonds is 8. The van der Waals surface area contributed by atoms with Crippen molar-refractivity contribution in [3.8, 4) is 11.5 Å². The van der Waals surface area contributed by atoms with E-state index in [1.54, 1.807) is 32.9 Å². The minimum Gasteiger partial charge on any atom is -0.493 e. The lowest BCUT2D eigenvalue weighted by atomic mass is 9.95. The number of thiocarbonyl (C=S) groups is 1. The number of hydrogen-bond donors (Lipinski definition) is 2. The molecule has 1 aromatic rings. The Morgan fingerprint density at radius 3 is 2.52 bits per heavy atom. The smallest absolute Gasteiger partial charge is 0.344 e. The predicted molar refractivity (Wildman–Crippen MR) is 111 cm³/mol. The molecule has 1 atom stereocenters. The van der Waals surface area contributed by atoms with Gasteiger partial charge in [0, 0.05) is 5.70 Å². The van der Waals surface area contributed by atoms with Crippen molar-refractivity contribution in [2.24, 2.45) is 0 Å². The topological polar surface area (TPSA) is 95.1 Å². The van der Waals surface area contributed by atoms with Crippen LogP contribution in [-0.2, 0) is 19.1 Å². The molecule has 0 fully saturated rings. The fraction of sp³-hybridized carbons (Fsp3) is 0.421. The highest BCUT2D eigenvalue weighted by atomic mass is 35.5. The molecule has 0 aliphatic carbocycles. The number of nitrogens with one attached hydrogen (secondary N) is 2. The van der Waals surface area contributed by atoms with Crippen molar-refractivity contribution in [2.75, 3.05) is 26.9 Å². The molecule has 2 N–H and O–H groups in total. The Labute approximate surface area is 179 Å². The number of methoxy groups -OCH3 is 1. The van der Waals surface area contributed by atoms with Crippen molar-refractivity contribution in [2.45, 2.75) is 26.8 Å². The molecule has 1 unspecified atom stereocenters. The Morgan fingerprint density at radius 2 is 1.90 bits per heavy atom. The van der Waals surface area contributed by atoms with Crippen molar-refractivity contribution in [3.05, 3.63) is 34.0 Å². The van der Waals surface area contributed by atoms with Gasteiger partial charge in [0.05, 0.1) is 37.0 Å². The number of carbonyl (C=O) groups excluding carboxylic acids is 2. The number of carbonyl (C=O) groups is 2. The molecule has 10 heteroatoms. The van der Waals surface area contributed by atoms with E-state index < -0.39 is 18.0 Å². The Balaban J connectivity index is 2.41. The molecule has 2 rings (SSSR count). The van der Waals surface area contributed by atoms with Crippen LogP contribution in [0.15, 0.2) is 23.4 Å². The molecule has 29 heavy (non-hydrogen) atoms.